The smallest absolute Gasteiger partial charge is 0.246 e. The number of methoxy groups -OCH3 is 2. The van der Waals surface area contributed by atoms with E-state index in [2.05, 4.69) is 46.6 Å². The lowest BCUT2D eigenvalue weighted by Crippen LogP contribution is -2.48. The van der Waals surface area contributed by atoms with Gasteiger partial charge in [-0.3, -0.25) is 4.79 Å². The third kappa shape index (κ3) is 5.27. The van der Waals surface area contributed by atoms with Crippen LogP contribution in [0, 0.1) is 23.2 Å². The van der Waals surface area contributed by atoms with Gasteiger partial charge < -0.3 is 19.3 Å². The predicted molar refractivity (Wildman–Crippen MR) is 150 cm³/mol. The standard InChI is InChI=1S/C31H27N5O3/c1-4-30(37)35-13-11-34(12-14-35)26-9-7-24(8-10-26)29-17-23(21-36-31(29)25(19-32)20-33-36)6-5-22-15-27(38-2)18-28(16-22)39-3/h4,7-10,15-18,20-21H,1,11-14H2,2-3H3. The number of anilines is 1. The number of aromatic nitrogens is 2. The zero-order valence-electron chi connectivity index (χ0n) is 21.8. The first-order valence-electron chi connectivity index (χ1n) is 12.5. The van der Waals surface area contributed by atoms with Crippen LogP contribution in [0.25, 0.3) is 16.6 Å². The van der Waals surface area contributed by atoms with Gasteiger partial charge in [0.15, 0.2) is 0 Å². The maximum absolute atomic E-state index is 11.9. The summed E-state index contributed by atoms with van der Waals surface area (Å²) in [4.78, 5) is 16.0. The van der Waals surface area contributed by atoms with E-state index < -0.39 is 0 Å². The van der Waals surface area contributed by atoms with Crippen LogP contribution in [0.5, 0.6) is 11.5 Å². The molecule has 194 valence electrons. The summed E-state index contributed by atoms with van der Waals surface area (Å²) in [6.45, 7) is 6.41. The van der Waals surface area contributed by atoms with Crippen LogP contribution in [0.1, 0.15) is 16.7 Å². The first-order chi connectivity index (χ1) is 19.0. The van der Waals surface area contributed by atoms with Crippen molar-refractivity contribution < 1.29 is 14.3 Å². The van der Waals surface area contributed by atoms with Crippen molar-refractivity contribution >= 4 is 17.1 Å². The zero-order valence-corrected chi connectivity index (χ0v) is 21.8. The molecule has 8 heteroatoms. The number of fused-ring (bicyclic) bond motifs is 1. The average Bonchev–Trinajstić information content (AvgIpc) is 3.42. The van der Waals surface area contributed by atoms with E-state index in [-0.39, 0.29) is 5.91 Å². The molecule has 0 atom stereocenters. The van der Waals surface area contributed by atoms with Gasteiger partial charge in [-0.05, 0) is 42.0 Å². The molecule has 0 radical (unpaired) electrons. The van der Waals surface area contributed by atoms with E-state index >= 15 is 0 Å². The molecule has 3 heterocycles. The van der Waals surface area contributed by atoms with Gasteiger partial charge in [0.2, 0.25) is 5.91 Å². The zero-order chi connectivity index (χ0) is 27.4. The maximum atomic E-state index is 11.9. The van der Waals surface area contributed by atoms with Crippen LogP contribution in [-0.4, -0.2) is 60.8 Å². The van der Waals surface area contributed by atoms with Crippen molar-refractivity contribution in [1.82, 2.24) is 14.5 Å². The molecule has 2 aromatic heterocycles. The summed E-state index contributed by atoms with van der Waals surface area (Å²) in [7, 11) is 3.21. The number of piperazine rings is 1. The van der Waals surface area contributed by atoms with Gasteiger partial charge in [-0.25, -0.2) is 4.52 Å². The predicted octanol–water partition coefficient (Wildman–Crippen LogP) is 4.12. The van der Waals surface area contributed by atoms with Gasteiger partial charge in [0.05, 0.1) is 31.5 Å². The number of nitrogens with zero attached hydrogens (tertiary/aromatic N) is 5. The van der Waals surface area contributed by atoms with Gasteiger partial charge in [0.25, 0.3) is 0 Å². The van der Waals surface area contributed by atoms with E-state index in [9.17, 15) is 10.1 Å². The van der Waals surface area contributed by atoms with Crippen LogP contribution in [0.15, 0.2) is 73.6 Å². The van der Waals surface area contributed by atoms with E-state index in [1.807, 2.05) is 41.4 Å². The van der Waals surface area contributed by atoms with Crippen molar-refractivity contribution in [1.29, 1.82) is 5.26 Å². The Labute approximate surface area is 227 Å². The highest BCUT2D eigenvalue weighted by Crippen LogP contribution is 2.30. The van der Waals surface area contributed by atoms with Crippen molar-refractivity contribution in [3.05, 3.63) is 90.3 Å². The van der Waals surface area contributed by atoms with Crippen molar-refractivity contribution in [3.8, 4) is 40.5 Å². The second-order valence-electron chi connectivity index (χ2n) is 9.02. The fourth-order valence-electron chi connectivity index (χ4n) is 4.68. The number of hydrogen-bond acceptors (Lipinski definition) is 6. The average molecular weight is 518 g/mol. The van der Waals surface area contributed by atoms with E-state index in [1.165, 1.54) is 6.08 Å². The Hall–Kier alpha value is -5.21. The molecule has 0 unspecified atom stereocenters. The second-order valence-corrected chi connectivity index (χ2v) is 9.02. The number of hydrogen-bond donors (Lipinski definition) is 0. The summed E-state index contributed by atoms with van der Waals surface area (Å²) in [5.41, 5.74) is 5.63. The molecule has 2 aromatic carbocycles. The van der Waals surface area contributed by atoms with E-state index in [0.29, 0.717) is 30.2 Å². The van der Waals surface area contributed by atoms with E-state index in [4.69, 9.17) is 9.47 Å². The van der Waals surface area contributed by atoms with Crippen LogP contribution in [0.2, 0.25) is 0 Å². The molecule has 4 aromatic rings. The maximum Gasteiger partial charge on any atom is 0.246 e. The summed E-state index contributed by atoms with van der Waals surface area (Å²) in [6, 6.07) is 18.0. The highest BCUT2D eigenvalue weighted by Gasteiger charge is 2.20. The van der Waals surface area contributed by atoms with Crippen molar-refractivity contribution in [2.45, 2.75) is 0 Å². The molecule has 0 aliphatic carbocycles. The lowest BCUT2D eigenvalue weighted by atomic mass is 10.0. The van der Waals surface area contributed by atoms with Crippen LogP contribution < -0.4 is 14.4 Å². The summed E-state index contributed by atoms with van der Waals surface area (Å²) in [6.07, 6.45) is 4.76. The van der Waals surface area contributed by atoms with E-state index in [1.54, 1.807) is 31.0 Å². The molecule has 8 nitrogen and oxygen atoms in total. The lowest BCUT2D eigenvalue weighted by Gasteiger charge is -2.35. The molecule has 1 aliphatic rings. The fraction of sp³-hybridized carbons (Fsp3) is 0.194. The molecular weight excluding hydrogens is 490 g/mol. The van der Waals surface area contributed by atoms with Gasteiger partial charge in [-0.2, -0.15) is 10.4 Å². The molecule has 1 fully saturated rings. The summed E-state index contributed by atoms with van der Waals surface area (Å²) in [5.74, 6) is 7.70. The van der Waals surface area contributed by atoms with Gasteiger partial charge >= 0.3 is 0 Å². The van der Waals surface area contributed by atoms with Crippen molar-refractivity contribution in [3.63, 3.8) is 0 Å². The molecule has 0 saturated carbocycles. The Bertz CT molecular complexity index is 1620. The molecule has 1 aliphatic heterocycles. The topological polar surface area (TPSA) is 83.1 Å². The molecule has 1 amide bonds. The number of ether oxygens (including phenoxy) is 2. The van der Waals surface area contributed by atoms with Crippen LogP contribution in [-0.2, 0) is 4.79 Å². The first kappa shape index (κ1) is 25.4. The van der Waals surface area contributed by atoms with Crippen LogP contribution in [0.3, 0.4) is 0 Å². The molecule has 0 N–H and O–H groups in total. The Morgan fingerprint density at radius 2 is 1.64 bits per heavy atom. The third-order valence-electron chi connectivity index (χ3n) is 6.74. The number of rotatable bonds is 5. The van der Waals surface area contributed by atoms with Crippen LogP contribution >= 0.6 is 0 Å². The summed E-state index contributed by atoms with van der Waals surface area (Å²) < 4.78 is 12.4. The minimum atomic E-state index is -0.0309. The fourth-order valence-corrected chi connectivity index (χ4v) is 4.68. The lowest BCUT2D eigenvalue weighted by molar-refractivity contribution is -0.126. The highest BCUT2D eigenvalue weighted by molar-refractivity contribution is 5.87. The minimum Gasteiger partial charge on any atom is -0.497 e. The Balaban J connectivity index is 1.47. The number of pyridine rings is 1. The summed E-state index contributed by atoms with van der Waals surface area (Å²) in [5, 5.41) is 14.1. The largest absolute Gasteiger partial charge is 0.497 e. The second kappa shape index (κ2) is 11.0. The number of amides is 1. The number of carbonyl (C=O) groups excluding carboxylic acids is 1. The number of benzene rings is 2. The first-order valence-corrected chi connectivity index (χ1v) is 12.5. The molecule has 0 bridgehead atoms. The van der Waals surface area contributed by atoms with Gasteiger partial charge in [-0.15, -0.1) is 0 Å². The summed E-state index contributed by atoms with van der Waals surface area (Å²) >= 11 is 0. The molecule has 5 rings (SSSR count). The molecule has 0 spiro atoms. The highest BCUT2D eigenvalue weighted by atomic mass is 16.5. The van der Waals surface area contributed by atoms with Gasteiger partial charge in [0, 0.05) is 60.8 Å². The Kier molecular flexibility index (Phi) is 7.20. The molecular formula is C31H27N5O3. The third-order valence-corrected chi connectivity index (χ3v) is 6.74. The van der Waals surface area contributed by atoms with Crippen LogP contribution in [0.4, 0.5) is 5.69 Å². The van der Waals surface area contributed by atoms with E-state index in [0.717, 1.165) is 46.5 Å². The normalized spacial score (nSPS) is 12.8. The SMILES string of the molecule is C=CC(=O)N1CCN(c2ccc(-c3cc(C#Cc4cc(OC)cc(OC)c4)cn4ncc(C#N)c34)cc2)CC1. The quantitative estimate of drug-likeness (QED) is 0.293. The van der Waals surface area contributed by atoms with Gasteiger partial charge in [0.1, 0.15) is 17.6 Å². The van der Waals surface area contributed by atoms with Gasteiger partial charge in [-0.1, -0.05) is 30.6 Å². The van der Waals surface area contributed by atoms with Crippen molar-refractivity contribution in [2.24, 2.45) is 0 Å². The molecule has 1 saturated heterocycles. The number of nitriles is 1. The monoisotopic (exact) mass is 517 g/mol. The number of carbonyl (C=O) groups is 1. The Morgan fingerprint density at radius 1 is 0.974 bits per heavy atom. The van der Waals surface area contributed by atoms with Crippen molar-refractivity contribution in [2.75, 3.05) is 45.3 Å². The minimum absolute atomic E-state index is 0.0309. The Morgan fingerprint density at radius 3 is 2.26 bits per heavy atom. The molecule has 39 heavy (non-hydrogen) atoms.